The van der Waals surface area contributed by atoms with E-state index in [2.05, 4.69) is 30.8 Å². The summed E-state index contributed by atoms with van der Waals surface area (Å²) in [5, 5.41) is 14.6. The first-order valence-corrected chi connectivity index (χ1v) is 8.78. The van der Waals surface area contributed by atoms with E-state index in [-0.39, 0.29) is 23.4 Å². The minimum Gasteiger partial charge on any atom is -0.368 e. The Morgan fingerprint density at radius 3 is 2.64 bits per heavy atom. The van der Waals surface area contributed by atoms with E-state index in [9.17, 15) is 9.59 Å². The van der Waals surface area contributed by atoms with Crippen molar-refractivity contribution in [3.8, 4) is 0 Å². The largest absolute Gasteiger partial charge is 0.368 e. The van der Waals surface area contributed by atoms with Gasteiger partial charge in [-0.15, -0.1) is 10.2 Å². The number of benzene rings is 1. The van der Waals surface area contributed by atoms with Crippen molar-refractivity contribution in [3.63, 3.8) is 0 Å². The zero-order valence-electron chi connectivity index (χ0n) is 15.6. The fourth-order valence-electron chi connectivity index (χ4n) is 2.78. The molecule has 3 aromatic rings. The second-order valence-corrected chi connectivity index (χ2v) is 6.83. The molecule has 3 rings (SSSR count). The maximum atomic E-state index is 11.7. The van der Waals surface area contributed by atoms with Gasteiger partial charge in [-0.3, -0.25) is 9.59 Å². The number of aromatic nitrogens is 4. The van der Waals surface area contributed by atoms with Gasteiger partial charge in [-0.25, -0.2) is 0 Å². The van der Waals surface area contributed by atoms with Crippen molar-refractivity contribution in [2.45, 2.75) is 26.3 Å². The van der Waals surface area contributed by atoms with Gasteiger partial charge in [-0.05, 0) is 35.9 Å². The van der Waals surface area contributed by atoms with E-state index >= 15 is 0 Å². The molecule has 2 aromatic heterocycles. The Labute approximate surface area is 161 Å². The average Bonchev–Trinajstić information content (AvgIpc) is 3.08. The first-order chi connectivity index (χ1) is 13.3. The fourth-order valence-corrected chi connectivity index (χ4v) is 2.78. The number of primary amides is 2. The Morgan fingerprint density at radius 1 is 1.18 bits per heavy atom. The van der Waals surface area contributed by atoms with Crippen molar-refractivity contribution in [1.29, 1.82) is 0 Å². The van der Waals surface area contributed by atoms with Gasteiger partial charge in [-0.1, -0.05) is 19.9 Å². The maximum Gasteiger partial charge on any atom is 0.273 e. The van der Waals surface area contributed by atoms with Crippen LogP contribution in [0.4, 0.5) is 17.5 Å². The van der Waals surface area contributed by atoms with E-state index in [0.717, 1.165) is 10.9 Å². The van der Waals surface area contributed by atoms with Crippen molar-refractivity contribution in [1.82, 2.24) is 20.2 Å². The molecule has 2 heterocycles. The molecule has 0 bridgehead atoms. The van der Waals surface area contributed by atoms with Crippen molar-refractivity contribution in [2.24, 2.45) is 17.4 Å². The molecule has 0 aliphatic rings. The summed E-state index contributed by atoms with van der Waals surface area (Å²) in [5.74, 6) is -0.874. The molecule has 0 fully saturated rings. The van der Waals surface area contributed by atoms with Gasteiger partial charge in [-0.2, -0.15) is 4.98 Å². The predicted octanol–water partition coefficient (Wildman–Crippen LogP) is 1.51. The number of anilines is 3. The van der Waals surface area contributed by atoms with Crippen LogP contribution in [0.1, 0.15) is 30.8 Å². The minimum absolute atomic E-state index is 0.0675. The molecule has 1 atom stereocenters. The number of carbonyl (C=O) groups excluding carboxylic acids is 2. The van der Waals surface area contributed by atoms with E-state index in [1.807, 2.05) is 44.3 Å². The van der Waals surface area contributed by atoms with Gasteiger partial charge in [0.1, 0.15) is 6.04 Å². The summed E-state index contributed by atoms with van der Waals surface area (Å²) < 4.78 is 0. The van der Waals surface area contributed by atoms with Gasteiger partial charge >= 0.3 is 0 Å². The number of carbonyl (C=O) groups is 2. The van der Waals surface area contributed by atoms with Gasteiger partial charge in [0, 0.05) is 17.4 Å². The molecule has 0 aliphatic carbocycles. The van der Waals surface area contributed by atoms with Crippen molar-refractivity contribution >= 4 is 40.2 Å². The number of amides is 2. The van der Waals surface area contributed by atoms with E-state index in [1.54, 1.807) is 0 Å². The van der Waals surface area contributed by atoms with Gasteiger partial charge in [0.15, 0.2) is 11.5 Å². The second-order valence-electron chi connectivity index (χ2n) is 6.83. The molecule has 0 aliphatic heterocycles. The lowest BCUT2D eigenvalue weighted by Crippen LogP contribution is -2.37. The lowest BCUT2D eigenvalue weighted by molar-refractivity contribution is -0.119. The number of nitrogens with two attached hydrogens (primary N) is 2. The van der Waals surface area contributed by atoms with Crippen molar-refractivity contribution in [2.75, 3.05) is 10.6 Å². The van der Waals surface area contributed by atoms with E-state index in [1.165, 1.54) is 0 Å². The molecule has 0 saturated heterocycles. The molecule has 0 saturated carbocycles. The smallest absolute Gasteiger partial charge is 0.273 e. The summed E-state index contributed by atoms with van der Waals surface area (Å²) in [6.45, 7) is 3.94. The summed E-state index contributed by atoms with van der Waals surface area (Å²) >= 11 is 0. The first-order valence-electron chi connectivity index (χ1n) is 8.78. The molecule has 28 heavy (non-hydrogen) atoms. The molecule has 146 valence electrons. The second kappa shape index (κ2) is 7.91. The van der Waals surface area contributed by atoms with Crippen LogP contribution in [0.3, 0.4) is 0 Å². The Kier molecular flexibility index (Phi) is 5.39. The molecule has 0 radical (unpaired) electrons. The molecule has 1 aromatic carbocycles. The van der Waals surface area contributed by atoms with Crippen LogP contribution >= 0.6 is 0 Å². The fraction of sp³-hybridized carbons (Fsp3) is 0.278. The van der Waals surface area contributed by atoms with E-state index in [4.69, 9.17) is 11.5 Å². The van der Waals surface area contributed by atoms with Gasteiger partial charge < -0.3 is 27.1 Å². The zero-order chi connectivity index (χ0) is 20.3. The number of fused-ring (bicyclic) bond motifs is 1. The third kappa shape index (κ3) is 4.34. The van der Waals surface area contributed by atoms with Crippen LogP contribution in [0.25, 0.3) is 10.9 Å². The molecule has 10 nitrogen and oxygen atoms in total. The number of nitrogens with one attached hydrogen (secondary N) is 3. The maximum absolute atomic E-state index is 11.7. The summed E-state index contributed by atoms with van der Waals surface area (Å²) in [6.07, 6.45) is 2.33. The summed E-state index contributed by atoms with van der Waals surface area (Å²) in [6, 6.07) is 6.89. The number of nitrogens with zero attached hydrogens (tertiary/aromatic N) is 3. The van der Waals surface area contributed by atoms with E-state index in [0.29, 0.717) is 12.1 Å². The van der Waals surface area contributed by atoms with Crippen molar-refractivity contribution < 1.29 is 9.59 Å². The molecule has 0 unspecified atom stereocenters. The first kappa shape index (κ1) is 19.1. The SMILES string of the molecule is CC(C)C[C@@H](Nc1nnc(C(N)=O)c(Nc2ccc3cc[nH]c3c2)n1)C(N)=O. The molecule has 7 N–H and O–H groups in total. The van der Waals surface area contributed by atoms with Crippen LogP contribution in [0, 0.1) is 5.92 Å². The third-order valence-corrected chi connectivity index (χ3v) is 4.09. The lowest BCUT2D eigenvalue weighted by atomic mass is 10.0. The highest BCUT2D eigenvalue weighted by atomic mass is 16.1. The molecule has 0 spiro atoms. The number of rotatable bonds is 8. The molecular weight excluding hydrogens is 360 g/mol. The highest BCUT2D eigenvalue weighted by Crippen LogP contribution is 2.22. The standard InChI is InChI=1S/C18H22N8O2/c1-9(2)7-13(15(19)27)23-18-24-17(14(16(20)28)25-26-18)22-11-4-3-10-5-6-21-12(10)8-11/h3-6,8-9,13,21H,7H2,1-2H3,(H2,19,27)(H2,20,28)(H2,22,23,24,26)/t13-/m1/s1. The lowest BCUT2D eigenvalue weighted by Gasteiger charge is -2.17. The van der Waals surface area contributed by atoms with Crippen LogP contribution in [0.5, 0.6) is 0 Å². The van der Waals surface area contributed by atoms with Gasteiger partial charge in [0.2, 0.25) is 11.9 Å². The summed E-state index contributed by atoms with van der Waals surface area (Å²) in [5.41, 5.74) is 12.3. The number of hydrogen-bond donors (Lipinski definition) is 5. The molecular formula is C18H22N8O2. The number of aromatic amines is 1. The summed E-state index contributed by atoms with van der Waals surface area (Å²) in [7, 11) is 0. The van der Waals surface area contributed by atoms with Crippen LogP contribution in [-0.2, 0) is 4.79 Å². The van der Waals surface area contributed by atoms with Crippen LogP contribution in [0.15, 0.2) is 30.5 Å². The Morgan fingerprint density at radius 2 is 1.96 bits per heavy atom. The highest BCUT2D eigenvalue weighted by molar-refractivity contribution is 5.96. The zero-order valence-corrected chi connectivity index (χ0v) is 15.6. The quantitative estimate of drug-likeness (QED) is 0.394. The summed E-state index contributed by atoms with van der Waals surface area (Å²) in [4.78, 5) is 30.8. The predicted molar refractivity (Wildman–Crippen MR) is 106 cm³/mol. The number of hydrogen-bond acceptors (Lipinski definition) is 7. The monoisotopic (exact) mass is 382 g/mol. The third-order valence-electron chi connectivity index (χ3n) is 4.09. The van der Waals surface area contributed by atoms with E-state index < -0.39 is 17.9 Å². The van der Waals surface area contributed by atoms with Crippen LogP contribution < -0.4 is 22.1 Å². The Bertz CT molecular complexity index is 1010. The van der Waals surface area contributed by atoms with Gasteiger partial charge in [0.25, 0.3) is 5.91 Å². The Balaban J connectivity index is 1.90. The van der Waals surface area contributed by atoms with Crippen LogP contribution in [0.2, 0.25) is 0 Å². The normalized spacial score (nSPS) is 12.1. The Hall–Kier alpha value is -3.69. The van der Waals surface area contributed by atoms with Gasteiger partial charge in [0.05, 0.1) is 0 Å². The highest BCUT2D eigenvalue weighted by Gasteiger charge is 2.20. The molecule has 2 amide bonds. The average molecular weight is 382 g/mol. The minimum atomic E-state index is -0.774. The molecule has 10 heteroatoms. The topological polar surface area (TPSA) is 165 Å². The van der Waals surface area contributed by atoms with Crippen LogP contribution in [-0.4, -0.2) is 38.0 Å². The van der Waals surface area contributed by atoms with Crippen molar-refractivity contribution in [3.05, 3.63) is 36.2 Å². The number of H-pyrrole nitrogens is 1.